The summed E-state index contributed by atoms with van der Waals surface area (Å²) in [6.07, 6.45) is -1.61. The van der Waals surface area contributed by atoms with E-state index in [9.17, 15) is 9.59 Å². The summed E-state index contributed by atoms with van der Waals surface area (Å²) < 4.78 is 18.2. The summed E-state index contributed by atoms with van der Waals surface area (Å²) >= 11 is 0. The van der Waals surface area contributed by atoms with Crippen LogP contribution in [0.1, 0.15) is 13.8 Å². The highest BCUT2D eigenvalue weighted by Gasteiger charge is 2.13. The Bertz CT molecular complexity index is 783. The molecule has 2 rings (SSSR count). The van der Waals surface area contributed by atoms with E-state index >= 15 is 0 Å². The molecule has 0 aliphatic heterocycles. The molecule has 0 saturated carbocycles. The van der Waals surface area contributed by atoms with Gasteiger partial charge in [-0.05, 0) is 37.4 Å². The van der Waals surface area contributed by atoms with Crippen molar-refractivity contribution < 1.29 is 24.1 Å². The molecule has 0 aliphatic carbocycles. The first-order valence-electron chi connectivity index (χ1n) is 8.51. The van der Waals surface area contributed by atoms with Crippen LogP contribution >= 0.6 is 0 Å². The Hall–Kier alpha value is -2.58. The van der Waals surface area contributed by atoms with Crippen LogP contribution in [0.25, 0.3) is 10.9 Å². The van der Waals surface area contributed by atoms with Gasteiger partial charge in [0.25, 0.3) is 5.56 Å². The minimum atomic E-state index is -1.10. The highest BCUT2D eigenvalue weighted by molar-refractivity contribution is 5.80. The molecule has 0 radical (unpaired) electrons. The molecule has 142 valence electrons. The highest BCUT2D eigenvalue weighted by atomic mass is 16.7. The SMILES string of the molecule is CCOC(Cn1c(=O)ccc2ccc(OCCNC(=O)O)cc21)OCC. The van der Waals surface area contributed by atoms with Gasteiger partial charge in [0.1, 0.15) is 12.4 Å². The molecule has 2 N–H and O–H groups in total. The van der Waals surface area contributed by atoms with E-state index in [2.05, 4.69) is 5.32 Å². The fourth-order valence-corrected chi connectivity index (χ4v) is 2.55. The molecule has 0 bridgehead atoms. The first-order chi connectivity index (χ1) is 12.5. The molecule has 8 nitrogen and oxygen atoms in total. The van der Waals surface area contributed by atoms with E-state index < -0.39 is 12.4 Å². The van der Waals surface area contributed by atoms with Gasteiger partial charge in [-0.25, -0.2) is 4.79 Å². The summed E-state index contributed by atoms with van der Waals surface area (Å²) in [5, 5.41) is 11.7. The number of carbonyl (C=O) groups is 1. The van der Waals surface area contributed by atoms with Crippen LogP contribution in [-0.4, -0.2) is 48.4 Å². The number of hydrogen-bond acceptors (Lipinski definition) is 5. The van der Waals surface area contributed by atoms with Gasteiger partial charge in [-0.1, -0.05) is 0 Å². The number of hydrogen-bond donors (Lipinski definition) is 2. The number of carboxylic acid groups (broad SMARTS) is 1. The number of rotatable bonds is 10. The zero-order valence-corrected chi connectivity index (χ0v) is 14.9. The Kier molecular flexibility index (Phi) is 7.43. The van der Waals surface area contributed by atoms with E-state index in [0.29, 0.717) is 24.5 Å². The molecule has 0 aliphatic rings. The fraction of sp³-hybridized carbons (Fsp3) is 0.444. The fourth-order valence-electron chi connectivity index (χ4n) is 2.55. The van der Waals surface area contributed by atoms with Crippen LogP contribution < -0.4 is 15.6 Å². The van der Waals surface area contributed by atoms with Gasteiger partial charge in [-0.2, -0.15) is 0 Å². The third-order valence-electron chi connectivity index (χ3n) is 3.65. The summed E-state index contributed by atoms with van der Waals surface area (Å²) in [4.78, 5) is 22.8. The van der Waals surface area contributed by atoms with Gasteiger partial charge < -0.3 is 29.2 Å². The normalized spacial score (nSPS) is 11.0. The lowest BCUT2D eigenvalue weighted by Crippen LogP contribution is -2.30. The van der Waals surface area contributed by atoms with Crippen molar-refractivity contribution in [3.8, 4) is 5.75 Å². The average Bonchev–Trinajstić information content (AvgIpc) is 2.61. The molecule has 2 aromatic rings. The van der Waals surface area contributed by atoms with Gasteiger partial charge in [0.05, 0.1) is 18.6 Å². The number of nitrogens with zero attached hydrogens (tertiary/aromatic N) is 1. The van der Waals surface area contributed by atoms with Gasteiger partial charge in [0.15, 0.2) is 6.29 Å². The van der Waals surface area contributed by atoms with Gasteiger partial charge >= 0.3 is 6.09 Å². The second-order valence-corrected chi connectivity index (χ2v) is 5.42. The molecule has 26 heavy (non-hydrogen) atoms. The molecule has 0 atom stereocenters. The van der Waals surface area contributed by atoms with Gasteiger partial charge in [0.2, 0.25) is 0 Å². The molecule has 1 aromatic carbocycles. The lowest BCUT2D eigenvalue weighted by molar-refractivity contribution is -0.143. The topological polar surface area (TPSA) is 99.0 Å². The van der Waals surface area contributed by atoms with Crippen LogP contribution in [0.3, 0.4) is 0 Å². The molecular formula is C18H24N2O6. The van der Waals surface area contributed by atoms with E-state index in [4.69, 9.17) is 19.3 Å². The predicted molar refractivity (Wildman–Crippen MR) is 96.8 cm³/mol. The van der Waals surface area contributed by atoms with Crippen molar-refractivity contribution in [2.75, 3.05) is 26.4 Å². The molecule has 1 aromatic heterocycles. The highest BCUT2D eigenvalue weighted by Crippen LogP contribution is 2.20. The Morgan fingerprint density at radius 2 is 1.88 bits per heavy atom. The molecule has 0 fully saturated rings. The largest absolute Gasteiger partial charge is 0.492 e. The number of nitrogens with one attached hydrogen (secondary N) is 1. The van der Waals surface area contributed by atoms with Crippen molar-refractivity contribution >= 4 is 17.0 Å². The molecule has 0 spiro atoms. The van der Waals surface area contributed by atoms with Crippen molar-refractivity contribution in [2.24, 2.45) is 0 Å². The Morgan fingerprint density at radius 3 is 2.54 bits per heavy atom. The Balaban J connectivity index is 2.24. The van der Waals surface area contributed by atoms with Crippen molar-refractivity contribution in [1.82, 2.24) is 9.88 Å². The monoisotopic (exact) mass is 364 g/mol. The van der Waals surface area contributed by atoms with Crippen molar-refractivity contribution in [2.45, 2.75) is 26.7 Å². The Morgan fingerprint density at radius 1 is 1.19 bits per heavy atom. The summed E-state index contributed by atoms with van der Waals surface area (Å²) in [5.41, 5.74) is 0.539. The van der Waals surface area contributed by atoms with Crippen molar-refractivity contribution in [3.05, 3.63) is 40.7 Å². The van der Waals surface area contributed by atoms with Gasteiger partial charge in [-0.3, -0.25) is 4.79 Å². The maximum absolute atomic E-state index is 12.4. The second kappa shape index (κ2) is 9.79. The summed E-state index contributed by atoms with van der Waals surface area (Å²) in [6.45, 7) is 5.33. The van der Waals surface area contributed by atoms with E-state index in [0.717, 1.165) is 5.39 Å². The van der Waals surface area contributed by atoms with Crippen LogP contribution in [0.5, 0.6) is 5.75 Å². The van der Waals surface area contributed by atoms with Crippen LogP contribution in [0.4, 0.5) is 4.79 Å². The zero-order chi connectivity index (χ0) is 18.9. The van der Waals surface area contributed by atoms with Crippen molar-refractivity contribution in [1.29, 1.82) is 0 Å². The molecule has 0 saturated heterocycles. The zero-order valence-electron chi connectivity index (χ0n) is 14.9. The third kappa shape index (κ3) is 5.47. The smallest absolute Gasteiger partial charge is 0.404 e. The van der Waals surface area contributed by atoms with Gasteiger partial charge in [0, 0.05) is 25.3 Å². The minimum absolute atomic E-state index is 0.161. The lowest BCUT2D eigenvalue weighted by Gasteiger charge is -2.19. The number of pyridine rings is 1. The summed E-state index contributed by atoms with van der Waals surface area (Å²) in [7, 11) is 0. The third-order valence-corrected chi connectivity index (χ3v) is 3.65. The van der Waals surface area contributed by atoms with E-state index in [-0.39, 0.29) is 25.3 Å². The number of fused-ring (bicyclic) bond motifs is 1. The van der Waals surface area contributed by atoms with Crippen LogP contribution in [0, 0.1) is 0 Å². The second-order valence-electron chi connectivity index (χ2n) is 5.42. The number of ether oxygens (including phenoxy) is 3. The number of amides is 1. The standard InChI is InChI=1S/C18H24N2O6/c1-3-24-17(25-4-2)12-20-15-11-14(26-10-9-19-18(22)23)7-5-13(15)6-8-16(20)21/h5-8,11,17,19H,3-4,9-10,12H2,1-2H3,(H,22,23). The maximum Gasteiger partial charge on any atom is 0.404 e. The minimum Gasteiger partial charge on any atom is -0.492 e. The summed E-state index contributed by atoms with van der Waals surface area (Å²) in [6, 6.07) is 8.64. The summed E-state index contributed by atoms with van der Waals surface area (Å²) in [5.74, 6) is 0.549. The molecule has 8 heteroatoms. The molecule has 0 unspecified atom stereocenters. The van der Waals surface area contributed by atoms with Gasteiger partial charge in [-0.15, -0.1) is 0 Å². The van der Waals surface area contributed by atoms with Crippen LogP contribution in [0.2, 0.25) is 0 Å². The first-order valence-corrected chi connectivity index (χ1v) is 8.51. The van der Waals surface area contributed by atoms with E-state index in [1.807, 2.05) is 19.9 Å². The van der Waals surface area contributed by atoms with E-state index in [1.54, 1.807) is 22.8 Å². The maximum atomic E-state index is 12.4. The predicted octanol–water partition coefficient (Wildman–Crippen LogP) is 2.05. The van der Waals surface area contributed by atoms with Crippen LogP contribution in [0.15, 0.2) is 35.1 Å². The number of aromatic nitrogens is 1. The molecule has 1 heterocycles. The first kappa shape index (κ1) is 19.7. The molecule has 1 amide bonds. The Labute approximate surface area is 151 Å². The average molecular weight is 364 g/mol. The van der Waals surface area contributed by atoms with E-state index in [1.165, 1.54) is 6.07 Å². The van der Waals surface area contributed by atoms with Crippen LogP contribution in [-0.2, 0) is 16.0 Å². The van der Waals surface area contributed by atoms with Crippen molar-refractivity contribution in [3.63, 3.8) is 0 Å². The molecular weight excluding hydrogens is 340 g/mol. The number of benzene rings is 1. The lowest BCUT2D eigenvalue weighted by atomic mass is 10.2. The quantitative estimate of drug-likeness (QED) is 0.494.